The van der Waals surface area contributed by atoms with Crippen LogP contribution in [0.25, 0.3) is 0 Å². The van der Waals surface area contributed by atoms with Crippen molar-refractivity contribution in [3.05, 3.63) is 35.9 Å². The lowest BCUT2D eigenvalue weighted by molar-refractivity contribution is 0.494. The van der Waals surface area contributed by atoms with Crippen molar-refractivity contribution in [1.29, 1.82) is 0 Å². The summed E-state index contributed by atoms with van der Waals surface area (Å²) in [4.78, 5) is 0. The molecular weight excluding hydrogens is 262 g/mol. The van der Waals surface area contributed by atoms with Gasteiger partial charge in [0.2, 0.25) is 0 Å². The molecule has 0 amide bonds. The second-order valence-electron chi connectivity index (χ2n) is 6.03. The van der Waals surface area contributed by atoms with Gasteiger partial charge in [0.25, 0.3) is 0 Å². The van der Waals surface area contributed by atoms with Crippen molar-refractivity contribution in [3.8, 4) is 0 Å². The van der Waals surface area contributed by atoms with E-state index in [1.54, 1.807) is 0 Å². The highest BCUT2D eigenvalue weighted by Crippen LogP contribution is 2.50. The Morgan fingerprint density at radius 2 is 2.00 bits per heavy atom. The third-order valence-electron chi connectivity index (χ3n) is 4.38. The predicted octanol–water partition coefficient (Wildman–Crippen LogP) is 4.69. The van der Waals surface area contributed by atoms with Gasteiger partial charge < -0.3 is 5.32 Å². The van der Waals surface area contributed by atoms with E-state index in [1.165, 1.54) is 30.6 Å². The highest BCUT2D eigenvalue weighted by atomic mass is 32.2. The van der Waals surface area contributed by atoms with Crippen LogP contribution in [0.2, 0.25) is 0 Å². The molecule has 0 aromatic heterocycles. The minimum atomic E-state index is 0.694. The molecule has 1 N–H and O–H groups in total. The molecule has 1 aliphatic carbocycles. The van der Waals surface area contributed by atoms with Crippen LogP contribution in [0.5, 0.6) is 0 Å². The van der Waals surface area contributed by atoms with Gasteiger partial charge in [-0.3, -0.25) is 0 Å². The predicted molar refractivity (Wildman–Crippen MR) is 91.6 cm³/mol. The molecule has 4 atom stereocenters. The van der Waals surface area contributed by atoms with Gasteiger partial charge >= 0.3 is 0 Å². The second-order valence-corrected chi connectivity index (χ2v) is 7.50. The molecule has 1 fully saturated rings. The van der Waals surface area contributed by atoms with Crippen molar-refractivity contribution in [1.82, 2.24) is 5.32 Å². The lowest BCUT2D eigenvalue weighted by atomic mass is 10.1. The van der Waals surface area contributed by atoms with Gasteiger partial charge in [0.1, 0.15) is 0 Å². The van der Waals surface area contributed by atoms with E-state index in [4.69, 9.17) is 0 Å². The van der Waals surface area contributed by atoms with E-state index >= 15 is 0 Å². The number of nitrogens with one attached hydrogen (secondary N) is 1. The molecule has 4 unspecified atom stereocenters. The van der Waals surface area contributed by atoms with Crippen LogP contribution in [-0.2, 0) is 0 Å². The first-order chi connectivity index (χ1) is 9.76. The van der Waals surface area contributed by atoms with Crippen LogP contribution in [0.1, 0.15) is 51.5 Å². The summed E-state index contributed by atoms with van der Waals surface area (Å²) >= 11 is 2.14. The first-order valence-corrected chi connectivity index (χ1v) is 9.21. The summed E-state index contributed by atoms with van der Waals surface area (Å²) in [6.07, 6.45) is 3.87. The summed E-state index contributed by atoms with van der Waals surface area (Å²) in [5.41, 5.74) is 1.54. The van der Waals surface area contributed by atoms with E-state index in [1.807, 2.05) is 0 Å². The smallest absolute Gasteiger partial charge is 0.0192 e. The number of rotatable bonds is 9. The lowest BCUT2D eigenvalue weighted by Gasteiger charge is -2.20. The zero-order valence-corrected chi connectivity index (χ0v) is 14.0. The Labute approximate surface area is 128 Å². The Bertz CT molecular complexity index is 378. The second kappa shape index (κ2) is 8.09. The summed E-state index contributed by atoms with van der Waals surface area (Å²) in [6, 6.07) is 11.7. The Morgan fingerprint density at radius 3 is 2.65 bits per heavy atom. The Morgan fingerprint density at radius 1 is 1.25 bits per heavy atom. The summed E-state index contributed by atoms with van der Waals surface area (Å²) in [7, 11) is 0. The molecule has 0 radical (unpaired) electrons. The van der Waals surface area contributed by atoms with Crippen LogP contribution in [0.3, 0.4) is 0 Å². The standard InChI is InChI=1S/C18H29NS/c1-4-11-19-18(13-20-14(3)5-2)17-12-16(17)15-9-7-6-8-10-15/h6-10,14,16-19H,4-5,11-13H2,1-3H3. The zero-order chi connectivity index (χ0) is 14.4. The van der Waals surface area contributed by atoms with E-state index in [0.717, 1.165) is 23.6 Å². The third-order valence-corrected chi connectivity index (χ3v) is 5.83. The number of hydrogen-bond acceptors (Lipinski definition) is 2. The molecule has 0 bridgehead atoms. The normalized spacial score (nSPS) is 24.4. The molecule has 1 nitrogen and oxygen atoms in total. The van der Waals surface area contributed by atoms with Gasteiger partial charge in [-0.15, -0.1) is 0 Å². The molecule has 1 aromatic rings. The first kappa shape index (κ1) is 15.9. The molecule has 0 spiro atoms. The quantitative estimate of drug-likeness (QED) is 0.708. The molecule has 2 rings (SSSR count). The number of hydrogen-bond donors (Lipinski definition) is 1. The van der Waals surface area contributed by atoms with Crippen molar-refractivity contribution in [2.45, 2.75) is 57.2 Å². The Kier molecular flexibility index (Phi) is 6.44. The molecule has 20 heavy (non-hydrogen) atoms. The number of benzene rings is 1. The average molecular weight is 292 g/mol. The maximum Gasteiger partial charge on any atom is 0.0192 e. The van der Waals surface area contributed by atoms with Gasteiger partial charge in [0, 0.05) is 17.0 Å². The van der Waals surface area contributed by atoms with Crippen molar-refractivity contribution in [2.75, 3.05) is 12.3 Å². The van der Waals surface area contributed by atoms with Crippen LogP contribution in [0.4, 0.5) is 0 Å². The van der Waals surface area contributed by atoms with Gasteiger partial charge in [-0.2, -0.15) is 11.8 Å². The minimum absolute atomic E-state index is 0.694. The molecular formula is C18H29NS. The fraction of sp³-hybridized carbons (Fsp3) is 0.667. The first-order valence-electron chi connectivity index (χ1n) is 8.16. The summed E-state index contributed by atoms with van der Waals surface area (Å²) in [5, 5.41) is 4.58. The summed E-state index contributed by atoms with van der Waals surface area (Å²) in [6.45, 7) is 8.05. The molecule has 0 aliphatic heterocycles. The highest BCUT2D eigenvalue weighted by molar-refractivity contribution is 7.99. The van der Waals surface area contributed by atoms with Gasteiger partial charge in [0.05, 0.1) is 0 Å². The molecule has 2 heteroatoms. The fourth-order valence-electron chi connectivity index (χ4n) is 2.79. The molecule has 112 valence electrons. The van der Waals surface area contributed by atoms with Gasteiger partial charge in [-0.25, -0.2) is 0 Å². The van der Waals surface area contributed by atoms with Crippen molar-refractivity contribution in [3.63, 3.8) is 0 Å². The third kappa shape index (κ3) is 4.53. The van der Waals surface area contributed by atoms with E-state index in [2.05, 4.69) is 68.2 Å². The molecule has 0 saturated heterocycles. The van der Waals surface area contributed by atoms with E-state index in [9.17, 15) is 0 Å². The van der Waals surface area contributed by atoms with Gasteiger partial charge in [0.15, 0.2) is 0 Å². The maximum absolute atomic E-state index is 3.79. The van der Waals surface area contributed by atoms with Crippen LogP contribution in [-0.4, -0.2) is 23.6 Å². The topological polar surface area (TPSA) is 12.0 Å². The van der Waals surface area contributed by atoms with Crippen LogP contribution < -0.4 is 5.32 Å². The fourth-order valence-corrected chi connectivity index (χ4v) is 3.93. The maximum atomic E-state index is 3.79. The van der Waals surface area contributed by atoms with Crippen LogP contribution >= 0.6 is 11.8 Å². The average Bonchev–Trinajstić information content (AvgIpc) is 3.28. The summed E-state index contributed by atoms with van der Waals surface area (Å²) < 4.78 is 0. The van der Waals surface area contributed by atoms with Crippen molar-refractivity contribution >= 4 is 11.8 Å². The monoisotopic (exact) mass is 291 g/mol. The zero-order valence-electron chi connectivity index (χ0n) is 13.1. The Balaban J connectivity index is 1.88. The molecule has 1 aromatic carbocycles. The van der Waals surface area contributed by atoms with Gasteiger partial charge in [-0.1, -0.05) is 51.1 Å². The largest absolute Gasteiger partial charge is 0.313 e. The molecule has 1 saturated carbocycles. The Hall–Kier alpha value is -0.470. The van der Waals surface area contributed by atoms with Crippen molar-refractivity contribution < 1.29 is 0 Å². The number of thioether (sulfide) groups is 1. The molecule has 0 heterocycles. The molecule has 1 aliphatic rings. The lowest BCUT2D eigenvalue weighted by Crippen LogP contribution is -2.35. The van der Waals surface area contributed by atoms with Crippen molar-refractivity contribution in [2.24, 2.45) is 5.92 Å². The van der Waals surface area contributed by atoms with Gasteiger partial charge in [-0.05, 0) is 43.2 Å². The van der Waals surface area contributed by atoms with Crippen LogP contribution in [0.15, 0.2) is 30.3 Å². The summed E-state index contributed by atoms with van der Waals surface area (Å²) in [5.74, 6) is 2.91. The van der Waals surface area contributed by atoms with E-state index < -0.39 is 0 Å². The van der Waals surface area contributed by atoms with E-state index in [-0.39, 0.29) is 0 Å². The minimum Gasteiger partial charge on any atom is -0.313 e. The highest BCUT2D eigenvalue weighted by Gasteiger charge is 2.43. The van der Waals surface area contributed by atoms with Crippen LogP contribution in [0, 0.1) is 5.92 Å². The van der Waals surface area contributed by atoms with E-state index in [0.29, 0.717) is 6.04 Å². The SMILES string of the molecule is CCCNC(CSC(C)CC)C1CC1c1ccccc1.